The number of thiocyanates is 2. The fraction of sp³-hybridized carbons (Fsp3) is 0.385. The molecule has 0 saturated carbocycles. The first-order valence-electron chi connectivity index (χ1n) is 5.30. The second-order valence-electron chi connectivity index (χ2n) is 3.82. The quantitative estimate of drug-likeness (QED) is 0.747. The highest BCUT2D eigenvalue weighted by molar-refractivity contribution is 8.04. The number of rotatable bonds is 4. The van der Waals surface area contributed by atoms with E-state index in [0.717, 1.165) is 5.56 Å². The van der Waals surface area contributed by atoms with E-state index in [1.165, 1.54) is 34.7 Å². The summed E-state index contributed by atoms with van der Waals surface area (Å²) in [4.78, 5) is 0. The Morgan fingerprint density at radius 1 is 1.06 bits per heavy atom. The topological polar surface area (TPSA) is 47.6 Å². The number of thioether (sulfide) groups is 2. The molecule has 2 unspecified atom stereocenters. The van der Waals surface area contributed by atoms with E-state index >= 15 is 0 Å². The number of hydrogen-bond donors (Lipinski definition) is 0. The van der Waals surface area contributed by atoms with Crippen LogP contribution in [0.3, 0.4) is 0 Å². The van der Waals surface area contributed by atoms with Gasteiger partial charge in [-0.15, -0.1) is 0 Å². The SMILES string of the molecule is Cc1ccc(C(C)SC#N)cc1C(C)SC#N. The highest BCUT2D eigenvalue weighted by Crippen LogP contribution is 2.34. The Labute approximate surface area is 111 Å². The number of nitrogens with zero attached hydrogens (tertiary/aromatic N) is 2. The zero-order valence-corrected chi connectivity index (χ0v) is 11.7. The number of hydrogen-bond acceptors (Lipinski definition) is 4. The molecule has 1 aromatic rings. The molecule has 1 rings (SSSR count). The standard InChI is InChI=1S/C13H14N2S2/c1-9-4-5-12(10(2)16-7-14)6-13(9)11(3)17-8-15/h4-6,10-11H,1-3H3. The lowest BCUT2D eigenvalue weighted by molar-refractivity contribution is 1.04. The number of benzene rings is 1. The number of nitriles is 2. The van der Waals surface area contributed by atoms with Gasteiger partial charge in [-0.2, -0.15) is 10.5 Å². The zero-order chi connectivity index (χ0) is 12.8. The van der Waals surface area contributed by atoms with Gasteiger partial charge in [0.15, 0.2) is 0 Å². The summed E-state index contributed by atoms with van der Waals surface area (Å²) in [5.41, 5.74) is 3.51. The van der Waals surface area contributed by atoms with Crippen LogP contribution in [0.25, 0.3) is 0 Å². The Morgan fingerprint density at radius 2 is 1.65 bits per heavy atom. The molecule has 0 aliphatic rings. The van der Waals surface area contributed by atoms with Crippen LogP contribution in [0, 0.1) is 28.3 Å². The van der Waals surface area contributed by atoms with Crippen molar-refractivity contribution >= 4 is 23.5 Å². The summed E-state index contributed by atoms with van der Waals surface area (Å²) >= 11 is 2.52. The second kappa shape index (κ2) is 6.59. The first kappa shape index (κ1) is 14.0. The van der Waals surface area contributed by atoms with E-state index < -0.39 is 0 Å². The molecule has 4 heteroatoms. The van der Waals surface area contributed by atoms with Gasteiger partial charge in [0.1, 0.15) is 10.8 Å². The van der Waals surface area contributed by atoms with Gasteiger partial charge in [-0.25, -0.2) is 0 Å². The van der Waals surface area contributed by atoms with Crippen LogP contribution in [-0.2, 0) is 0 Å². The highest BCUT2D eigenvalue weighted by Gasteiger charge is 2.12. The van der Waals surface area contributed by atoms with Crippen LogP contribution < -0.4 is 0 Å². The Morgan fingerprint density at radius 3 is 2.24 bits per heavy atom. The summed E-state index contributed by atoms with van der Waals surface area (Å²) in [7, 11) is 0. The van der Waals surface area contributed by atoms with E-state index in [9.17, 15) is 0 Å². The first-order valence-corrected chi connectivity index (χ1v) is 7.06. The maximum absolute atomic E-state index is 8.72. The van der Waals surface area contributed by atoms with Crippen LogP contribution in [0.5, 0.6) is 0 Å². The molecule has 0 aromatic heterocycles. The summed E-state index contributed by atoms with van der Waals surface area (Å²) in [5, 5.41) is 22.0. The zero-order valence-electron chi connectivity index (χ0n) is 10.1. The summed E-state index contributed by atoms with van der Waals surface area (Å²) < 4.78 is 0. The summed E-state index contributed by atoms with van der Waals surface area (Å²) in [5.74, 6) is 0. The molecular formula is C13H14N2S2. The Balaban J connectivity index is 3.03. The van der Waals surface area contributed by atoms with Crippen molar-refractivity contribution in [1.82, 2.24) is 0 Å². The molecule has 88 valence electrons. The van der Waals surface area contributed by atoms with Crippen LogP contribution in [0.4, 0.5) is 0 Å². The van der Waals surface area contributed by atoms with Crippen molar-refractivity contribution in [1.29, 1.82) is 10.5 Å². The van der Waals surface area contributed by atoms with Crippen LogP contribution in [-0.4, -0.2) is 0 Å². The number of aryl methyl sites for hydroxylation is 1. The van der Waals surface area contributed by atoms with E-state index in [4.69, 9.17) is 10.5 Å². The fourth-order valence-corrected chi connectivity index (χ4v) is 2.62. The molecule has 0 saturated heterocycles. The van der Waals surface area contributed by atoms with Gasteiger partial charge in [-0.1, -0.05) is 18.2 Å². The van der Waals surface area contributed by atoms with Crippen molar-refractivity contribution in [2.24, 2.45) is 0 Å². The summed E-state index contributed by atoms with van der Waals surface area (Å²) in [6, 6.07) is 6.23. The van der Waals surface area contributed by atoms with Crippen molar-refractivity contribution in [2.45, 2.75) is 31.3 Å². The maximum Gasteiger partial charge on any atom is 0.133 e. The van der Waals surface area contributed by atoms with E-state index in [1.807, 2.05) is 13.8 Å². The van der Waals surface area contributed by atoms with Gasteiger partial charge in [-0.05, 0) is 61.0 Å². The minimum Gasteiger partial charge on any atom is -0.185 e. The van der Waals surface area contributed by atoms with E-state index in [-0.39, 0.29) is 10.5 Å². The Kier molecular flexibility index (Phi) is 5.41. The average molecular weight is 262 g/mol. The highest BCUT2D eigenvalue weighted by atomic mass is 32.2. The maximum atomic E-state index is 8.72. The summed E-state index contributed by atoms with van der Waals surface area (Å²) in [6.45, 7) is 6.10. The molecule has 0 fully saturated rings. The molecule has 0 radical (unpaired) electrons. The van der Waals surface area contributed by atoms with Gasteiger partial charge in [-0.3, -0.25) is 0 Å². The van der Waals surface area contributed by atoms with Crippen molar-refractivity contribution in [3.8, 4) is 10.8 Å². The van der Waals surface area contributed by atoms with Gasteiger partial charge in [0.2, 0.25) is 0 Å². The molecule has 0 bridgehead atoms. The van der Waals surface area contributed by atoms with Crippen LogP contribution >= 0.6 is 23.5 Å². The van der Waals surface area contributed by atoms with Gasteiger partial charge in [0.05, 0.1) is 0 Å². The molecule has 2 nitrogen and oxygen atoms in total. The average Bonchev–Trinajstić information content (AvgIpc) is 2.30. The minimum absolute atomic E-state index is 0.165. The largest absolute Gasteiger partial charge is 0.185 e. The smallest absolute Gasteiger partial charge is 0.133 e. The molecule has 1 aromatic carbocycles. The fourth-order valence-electron chi connectivity index (χ4n) is 1.64. The van der Waals surface area contributed by atoms with E-state index in [0.29, 0.717) is 0 Å². The Bertz CT molecular complexity index is 471. The van der Waals surface area contributed by atoms with Crippen molar-refractivity contribution < 1.29 is 0 Å². The van der Waals surface area contributed by atoms with Crippen LogP contribution in [0.15, 0.2) is 18.2 Å². The molecule has 0 aliphatic carbocycles. The van der Waals surface area contributed by atoms with Crippen molar-refractivity contribution in [2.75, 3.05) is 0 Å². The third kappa shape index (κ3) is 3.70. The van der Waals surface area contributed by atoms with E-state index in [2.05, 4.69) is 35.9 Å². The molecule has 0 heterocycles. The van der Waals surface area contributed by atoms with Gasteiger partial charge < -0.3 is 0 Å². The van der Waals surface area contributed by atoms with Crippen LogP contribution in [0.1, 0.15) is 41.0 Å². The van der Waals surface area contributed by atoms with Gasteiger partial charge in [0.25, 0.3) is 0 Å². The molecule has 0 spiro atoms. The predicted octanol–water partition coefficient (Wildman–Crippen LogP) is 4.55. The first-order chi connectivity index (χ1) is 8.10. The normalized spacial score (nSPS) is 13.5. The molecule has 2 atom stereocenters. The van der Waals surface area contributed by atoms with Crippen molar-refractivity contribution in [3.63, 3.8) is 0 Å². The molecule has 0 aliphatic heterocycles. The monoisotopic (exact) mass is 262 g/mol. The van der Waals surface area contributed by atoms with Gasteiger partial charge in [0, 0.05) is 10.5 Å². The molecule has 0 amide bonds. The lowest BCUT2D eigenvalue weighted by Crippen LogP contribution is -1.96. The third-order valence-corrected chi connectivity index (χ3v) is 4.11. The molecule has 17 heavy (non-hydrogen) atoms. The Hall–Kier alpha value is -1.10. The lowest BCUT2D eigenvalue weighted by atomic mass is 10.0. The van der Waals surface area contributed by atoms with Crippen molar-refractivity contribution in [3.05, 3.63) is 34.9 Å². The molecule has 0 N–H and O–H groups in total. The minimum atomic E-state index is 0.165. The van der Waals surface area contributed by atoms with E-state index in [1.54, 1.807) is 0 Å². The van der Waals surface area contributed by atoms with Gasteiger partial charge >= 0.3 is 0 Å². The predicted molar refractivity (Wildman–Crippen MR) is 74.4 cm³/mol. The second-order valence-corrected chi connectivity index (χ2v) is 6.07. The van der Waals surface area contributed by atoms with Crippen LogP contribution in [0.2, 0.25) is 0 Å². The summed E-state index contributed by atoms with van der Waals surface area (Å²) in [6.07, 6.45) is 0. The lowest BCUT2D eigenvalue weighted by Gasteiger charge is -2.14. The third-order valence-electron chi connectivity index (χ3n) is 2.67. The molecular weight excluding hydrogens is 248 g/mol.